The number of para-hydroxylation sites is 2. The number of phenolic OH excluding ortho intramolecular Hbond substituents is 1. The summed E-state index contributed by atoms with van der Waals surface area (Å²) < 4.78 is 5.64. The molecule has 0 amide bonds. The van der Waals surface area contributed by atoms with Gasteiger partial charge in [-0.25, -0.2) is 0 Å². The van der Waals surface area contributed by atoms with E-state index in [2.05, 4.69) is 6.07 Å². The first-order valence-corrected chi connectivity index (χ1v) is 6.83. The largest absolute Gasteiger partial charge is 0.504 e. The molecule has 0 aromatic heterocycles. The van der Waals surface area contributed by atoms with Gasteiger partial charge in [0.05, 0.1) is 11.6 Å². The highest BCUT2D eigenvalue weighted by atomic mass is 16.5. The second-order valence-corrected chi connectivity index (χ2v) is 4.78. The molecule has 0 saturated carbocycles. The van der Waals surface area contributed by atoms with Crippen molar-refractivity contribution in [3.63, 3.8) is 0 Å². The number of aromatic hydroxyl groups is 1. The van der Waals surface area contributed by atoms with E-state index in [4.69, 9.17) is 10.00 Å². The van der Waals surface area contributed by atoms with E-state index in [-0.39, 0.29) is 5.75 Å². The first kappa shape index (κ1) is 13.7. The summed E-state index contributed by atoms with van der Waals surface area (Å²) in [5, 5.41) is 18.5. The van der Waals surface area contributed by atoms with E-state index in [1.54, 1.807) is 36.4 Å². The Bertz CT molecular complexity index is 815. The molecule has 0 spiro atoms. The summed E-state index contributed by atoms with van der Waals surface area (Å²) in [4.78, 5) is 0. The minimum absolute atomic E-state index is 0.110. The zero-order valence-corrected chi connectivity index (χ0v) is 11.7. The number of phenols is 1. The molecule has 0 radical (unpaired) electrons. The van der Waals surface area contributed by atoms with Crippen molar-refractivity contribution < 1.29 is 9.84 Å². The highest BCUT2D eigenvalue weighted by Crippen LogP contribution is 2.31. The number of hydrogen-bond donors (Lipinski definition) is 1. The van der Waals surface area contributed by atoms with Gasteiger partial charge in [-0.1, -0.05) is 36.4 Å². The van der Waals surface area contributed by atoms with Crippen LogP contribution in [0.25, 0.3) is 11.1 Å². The zero-order chi connectivity index (χ0) is 15.4. The van der Waals surface area contributed by atoms with Crippen LogP contribution < -0.4 is 4.74 Å². The van der Waals surface area contributed by atoms with Crippen molar-refractivity contribution >= 4 is 0 Å². The van der Waals surface area contributed by atoms with Gasteiger partial charge in [0, 0.05) is 0 Å². The van der Waals surface area contributed by atoms with E-state index in [1.165, 1.54) is 0 Å². The Kier molecular flexibility index (Phi) is 3.76. The topological polar surface area (TPSA) is 53.2 Å². The molecule has 3 aromatic carbocycles. The van der Waals surface area contributed by atoms with Crippen LogP contribution in [0.15, 0.2) is 72.8 Å². The Labute approximate surface area is 128 Å². The number of benzene rings is 3. The lowest BCUT2D eigenvalue weighted by molar-refractivity contribution is 0.411. The number of hydrogen-bond acceptors (Lipinski definition) is 3. The Balaban J connectivity index is 1.80. The van der Waals surface area contributed by atoms with Gasteiger partial charge in [-0.2, -0.15) is 5.26 Å². The van der Waals surface area contributed by atoms with Gasteiger partial charge in [-0.3, -0.25) is 0 Å². The molecule has 3 aromatic rings. The molecule has 0 atom stereocenters. The molecule has 0 bridgehead atoms. The smallest absolute Gasteiger partial charge is 0.169 e. The van der Waals surface area contributed by atoms with E-state index in [1.807, 2.05) is 36.4 Å². The molecule has 0 aliphatic carbocycles. The number of nitrogens with zero attached hydrogens (tertiary/aromatic N) is 1. The third-order valence-corrected chi connectivity index (χ3v) is 3.29. The quantitative estimate of drug-likeness (QED) is 0.758. The molecule has 106 valence electrons. The van der Waals surface area contributed by atoms with Crippen LogP contribution in [0.4, 0.5) is 0 Å². The minimum atomic E-state index is 0.110. The molecule has 0 fully saturated rings. The highest BCUT2D eigenvalue weighted by molar-refractivity contribution is 5.65. The number of nitriles is 1. The van der Waals surface area contributed by atoms with Crippen molar-refractivity contribution in [1.82, 2.24) is 0 Å². The lowest BCUT2D eigenvalue weighted by Gasteiger charge is -2.08. The number of ether oxygens (including phenoxy) is 1. The van der Waals surface area contributed by atoms with Crippen LogP contribution in [-0.4, -0.2) is 5.11 Å². The van der Waals surface area contributed by atoms with Gasteiger partial charge in [0.25, 0.3) is 0 Å². The zero-order valence-electron chi connectivity index (χ0n) is 11.7. The van der Waals surface area contributed by atoms with Crippen molar-refractivity contribution in [1.29, 1.82) is 5.26 Å². The second-order valence-electron chi connectivity index (χ2n) is 4.78. The van der Waals surface area contributed by atoms with Gasteiger partial charge in [0.2, 0.25) is 0 Å². The van der Waals surface area contributed by atoms with E-state index in [0.29, 0.717) is 17.1 Å². The van der Waals surface area contributed by atoms with E-state index in [0.717, 1.165) is 11.1 Å². The molecule has 22 heavy (non-hydrogen) atoms. The van der Waals surface area contributed by atoms with Crippen LogP contribution in [0.3, 0.4) is 0 Å². The normalized spacial score (nSPS) is 9.95. The summed E-state index contributed by atoms with van der Waals surface area (Å²) in [6.45, 7) is 0. The van der Waals surface area contributed by atoms with Crippen molar-refractivity contribution in [3.05, 3.63) is 78.4 Å². The molecule has 0 unspecified atom stereocenters. The van der Waals surface area contributed by atoms with Crippen LogP contribution >= 0.6 is 0 Å². The van der Waals surface area contributed by atoms with Gasteiger partial charge >= 0.3 is 0 Å². The van der Waals surface area contributed by atoms with Gasteiger partial charge in [-0.05, 0) is 47.5 Å². The lowest BCUT2D eigenvalue weighted by atomic mass is 10.0. The van der Waals surface area contributed by atoms with Crippen molar-refractivity contribution in [3.8, 4) is 34.4 Å². The third-order valence-electron chi connectivity index (χ3n) is 3.29. The first-order chi connectivity index (χ1) is 10.8. The number of rotatable bonds is 3. The fraction of sp³-hybridized carbons (Fsp3) is 0. The molecule has 1 N–H and O–H groups in total. The summed E-state index contributed by atoms with van der Waals surface area (Å²) in [5.41, 5.74) is 2.71. The fourth-order valence-corrected chi connectivity index (χ4v) is 2.12. The molecular formula is C19H13NO2. The standard InChI is InChI=1S/C19H13NO2/c20-13-14-5-7-15(8-6-14)16-9-11-17(12-10-16)22-19-4-2-1-3-18(19)21/h1-12,21H. The maximum absolute atomic E-state index is 9.70. The third kappa shape index (κ3) is 2.92. The minimum Gasteiger partial charge on any atom is -0.504 e. The average Bonchev–Trinajstić information content (AvgIpc) is 2.58. The van der Waals surface area contributed by atoms with Gasteiger partial charge in [-0.15, -0.1) is 0 Å². The molecule has 0 saturated heterocycles. The molecule has 0 aliphatic heterocycles. The molecule has 3 rings (SSSR count). The Hall–Kier alpha value is -3.25. The van der Waals surface area contributed by atoms with Crippen LogP contribution in [0, 0.1) is 11.3 Å². The van der Waals surface area contributed by atoms with Gasteiger partial charge in [0.1, 0.15) is 5.75 Å². The summed E-state index contributed by atoms with van der Waals surface area (Å²) >= 11 is 0. The first-order valence-electron chi connectivity index (χ1n) is 6.83. The van der Waals surface area contributed by atoms with Crippen molar-refractivity contribution in [2.45, 2.75) is 0 Å². The van der Waals surface area contributed by atoms with E-state index >= 15 is 0 Å². The van der Waals surface area contributed by atoms with Crippen LogP contribution in [-0.2, 0) is 0 Å². The Morgan fingerprint density at radius 1 is 0.773 bits per heavy atom. The lowest BCUT2D eigenvalue weighted by Crippen LogP contribution is -1.85. The maximum atomic E-state index is 9.70. The molecule has 0 aliphatic rings. The van der Waals surface area contributed by atoms with Gasteiger partial charge < -0.3 is 9.84 Å². The summed E-state index contributed by atoms with van der Waals surface area (Å²) in [7, 11) is 0. The summed E-state index contributed by atoms with van der Waals surface area (Å²) in [6, 6.07) is 23.9. The van der Waals surface area contributed by atoms with Crippen LogP contribution in [0.1, 0.15) is 5.56 Å². The van der Waals surface area contributed by atoms with E-state index in [9.17, 15) is 5.11 Å². The molecule has 3 heteroatoms. The average molecular weight is 287 g/mol. The maximum Gasteiger partial charge on any atom is 0.169 e. The highest BCUT2D eigenvalue weighted by Gasteiger charge is 2.03. The molecular weight excluding hydrogens is 274 g/mol. The predicted octanol–water partition coefficient (Wildman–Crippen LogP) is 4.72. The van der Waals surface area contributed by atoms with E-state index < -0.39 is 0 Å². The van der Waals surface area contributed by atoms with Gasteiger partial charge in [0.15, 0.2) is 11.5 Å². The monoisotopic (exact) mass is 287 g/mol. The summed E-state index contributed by atoms with van der Waals surface area (Å²) in [6.07, 6.45) is 0. The predicted molar refractivity (Wildman–Crippen MR) is 84.8 cm³/mol. The SMILES string of the molecule is N#Cc1ccc(-c2ccc(Oc3ccccc3O)cc2)cc1. The molecule has 0 heterocycles. The fourth-order valence-electron chi connectivity index (χ4n) is 2.12. The van der Waals surface area contributed by atoms with Crippen LogP contribution in [0.5, 0.6) is 17.2 Å². The van der Waals surface area contributed by atoms with Crippen molar-refractivity contribution in [2.24, 2.45) is 0 Å². The second kappa shape index (κ2) is 6.02. The summed E-state index contributed by atoms with van der Waals surface area (Å²) in [5.74, 6) is 1.19. The van der Waals surface area contributed by atoms with Crippen LogP contribution in [0.2, 0.25) is 0 Å². The molecule has 3 nitrogen and oxygen atoms in total. The van der Waals surface area contributed by atoms with Crippen molar-refractivity contribution in [2.75, 3.05) is 0 Å². The Morgan fingerprint density at radius 2 is 1.36 bits per heavy atom. The Morgan fingerprint density at radius 3 is 1.95 bits per heavy atom.